The summed E-state index contributed by atoms with van der Waals surface area (Å²) in [6, 6.07) is 6.31. The van der Waals surface area contributed by atoms with E-state index in [1.807, 2.05) is 10.9 Å². The molecule has 1 N–H and O–H groups in total. The van der Waals surface area contributed by atoms with Gasteiger partial charge in [-0.2, -0.15) is 5.10 Å². The summed E-state index contributed by atoms with van der Waals surface area (Å²) in [7, 11) is 0. The van der Waals surface area contributed by atoms with Gasteiger partial charge in [0.2, 0.25) is 0 Å². The second-order valence-corrected chi connectivity index (χ2v) is 7.85. The molecule has 138 valence electrons. The Balaban J connectivity index is 1.43. The van der Waals surface area contributed by atoms with Crippen molar-refractivity contribution in [1.82, 2.24) is 20.1 Å². The van der Waals surface area contributed by atoms with Crippen LogP contribution in [0.1, 0.15) is 34.4 Å². The number of hydrogen-bond donors (Lipinski definition) is 1. The van der Waals surface area contributed by atoms with Crippen LogP contribution in [0.3, 0.4) is 0 Å². The number of benzene rings is 1. The molecule has 1 atom stereocenters. The molecule has 1 aromatic carbocycles. The first-order chi connectivity index (χ1) is 13.0. The fraction of sp³-hybridized carbons (Fsp3) is 0.250. The zero-order valence-electron chi connectivity index (χ0n) is 14.9. The van der Waals surface area contributed by atoms with Gasteiger partial charge in [-0.1, -0.05) is 13.0 Å². The number of allylic oxidation sites excluding steroid dienone is 1. The molecule has 0 bridgehead atoms. The van der Waals surface area contributed by atoms with Gasteiger partial charge in [-0.25, -0.2) is 14.1 Å². The van der Waals surface area contributed by atoms with Crippen LogP contribution in [0.4, 0.5) is 4.39 Å². The van der Waals surface area contributed by atoms with Gasteiger partial charge in [0.1, 0.15) is 5.82 Å². The minimum Gasteiger partial charge on any atom is -0.350 e. The highest BCUT2D eigenvalue weighted by atomic mass is 32.1. The summed E-state index contributed by atoms with van der Waals surface area (Å²) in [5, 5.41) is 9.69. The molecule has 7 heteroatoms. The minimum absolute atomic E-state index is 0.0557. The summed E-state index contributed by atoms with van der Waals surface area (Å²) in [6.07, 6.45) is 9.40. The maximum atomic E-state index is 13.2. The Morgan fingerprint density at radius 3 is 2.93 bits per heavy atom. The SMILES string of the molecule is C[C@@]1(CCNC(=O)c2nccs2)C=Cc2c(cnn2-c2ccc(F)cc2)C1. The van der Waals surface area contributed by atoms with Crippen molar-refractivity contribution in [1.29, 1.82) is 0 Å². The van der Waals surface area contributed by atoms with Gasteiger partial charge in [0.25, 0.3) is 5.91 Å². The lowest BCUT2D eigenvalue weighted by Crippen LogP contribution is -2.30. The van der Waals surface area contributed by atoms with E-state index < -0.39 is 0 Å². The van der Waals surface area contributed by atoms with Crippen LogP contribution in [0, 0.1) is 11.2 Å². The van der Waals surface area contributed by atoms with E-state index >= 15 is 0 Å². The normalized spacial score (nSPS) is 18.3. The van der Waals surface area contributed by atoms with Gasteiger partial charge < -0.3 is 5.32 Å². The molecule has 5 nitrogen and oxygen atoms in total. The molecular formula is C20H19FN4OS. The molecule has 0 fully saturated rings. The highest BCUT2D eigenvalue weighted by Crippen LogP contribution is 2.35. The maximum absolute atomic E-state index is 13.2. The number of hydrogen-bond acceptors (Lipinski definition) is 4. The van der Waals surface area contributed by atoms with Crippen molar-refractivity contribution in [3.05, 3.63) is 70.2 Å². The van der Waals surface area contributed by atoms with Crippen LogP contribution < -0.4 is 5.32 Å². The van der Waals surface area contributed by atoms with E-state index in [0.717, 1.165) is 29.8 Å². The monoisotopic (exact) mass is 382 g/mol. The molecule has 4 rings (SSSR count). The molecule has 1 amide bonds. The van der Waals surface area contributed by atoms with E-state index in [1.54, 1.807) is 23.7 Å². The Kier molecular flexibility index (Phi) is 4.61. The summed E-state index contributed by atoms with van der Waals surface area (Å²) in [4.78, 5) is 16.0. The summed E-state index contributed by atoms with van der Waals surface area (Å²) < 4.78 is 15.0. The highest BCUT2D eigenvalue weighted by Gasteiger charge is 2.28. The van der Waals surface area contributed by atoms with E-state index in [9.17, 15) is 9.18 Å². The van der Waals surface area contributed by atoms with E-state index in [-0.39, 0.29) is 17.1 Å². The van der Waals surface area contributed by atoms with Crippen molar-refractivity contribution in [3.63, 3.8) is 0 Å². The first kappa shape index (κ1) is 17.6. The van der Waals surface area contributed by atoms with Crippen LogP contribution in [0.2, 0.25) is 0 Å². The van der Waals surface area contributed by atoms with Gasteiger partial charge in [0.05, 0.1) is 17.6 Å². The number of carbonyl (C=O) groups is 1. The van der Waals surface area contributed by atoms with Gasteiger partial charge in [0, 0.05) is 18.1 Å². The first-order valence-corrected chi connectivity index (χ1v) is 9.62. The van der Waals surface area contributed by atoms with Crippen LogP contribution in [-0.4, -0.2) is 27.2 Å². The fourth-order valence-corrected chi connectivity index (χ4v) is 3.86. The molecule has 3 aromatic rings. The molecule has 0 radical (unpaired) electrons. The van der Waals surface area contributed by atoms with Crippen molar-refractivity contribution in [2.45, 2.75) is 19.8 Å². The minimum atomic E-state index is -0.261. The summed E-state index contributed by atoms with van der Waals surface area (Å²) in [6.45, 7) is 2.76. The molecule has 0 saturated heterocycles. The summed E-state index contributed by atoms with van der Waals surface area (Å²) >= 11 is 1.34. The Hall–Kier alpha value is -2.80. The number of amides is 1. The molecule has 0 aliphatic heterocycles. The van der Waals surface area contributed by atoms with Crippen LogP contribution in [0.15, 0.2) is 48.1 Å². The lowest BCUT2D eigenvalue weighted by molar-refractivity contribution is 0.0949. The van der Waals surface area contributed by atoms with Gasteiger partial charge in [-0.05, 0) is 54.2 Å². The molecule has 1 aliphatic carbocycles. The quantitative estimate of drug-likeness (QED) is 0.729. The highest BCUT2D eigenvalue weighted by molar-refractivity contribution is 7.11. The second-order valence-electron chi connectivity index (χ2n) is 6.95. The maximum Gasteiger partial charge on any atom is 0.280 e. The predicted molar refractivity (Wildman–Crippen MR) is 103 cm³/mol. The standard InChI is InChI=1S/C20H19FN4OS/c1-20(8-9-22-18(26)19-23-10-11-27-19)7-6-17-14(12-20)13-24-25(17)16-4-2-15(21)3-5-16/h2-7,10-11,13H,8-9,12H2,1H3,(H,22,26)/t20-/m0/s1. The van der Waals surface area contributed by atoms with E-state index in [1.165, 1.54) is 23.5 Å². The Bertz CT molecular complexity index is 978. The second kappa shape index (κ2) is 7.08. The van der Waals surface area contributed by atoms with Crippen molar-refractivity contribution in [2.24, 2.45) is 5.41 Å². The largest absolute Gasteiger partial charge is 0.350 e. The zero-order chi connectivity index (χ0) is 18.9. The van der Waals surface area contributed by atoms with E-state index in [2.05, 4.69) is 34.5 Å². The van der Waals surface area contributed by atoms with E-state index in [0.29, 0.717) is 11.6 Å². The Morgan fingerprint density at radius 2 is 2.19 bits per heavy atom. The molecule has 1 aliphatic rings. The molecule has 0 spiro atoms. The zero-order valence-corrected chi connectivity index (χ0v) is 15.7. The number of aromatic nitrogens is 3. The third-order valence-corrected chi connectivity index (χ3v) is 5.58. The molecule has 2 heterocycles. The van der Waals surface area contributed by atoms with Crippen molar-refractivity contribution < 1.29 is 9.18 Å². The van der Waals surface area contributed by atoms with Crippen LogP contribution in [0.5, 0.6) is 0 Å². The van der Waals surface area contributed by atoms with Crippen LogP contribution >= 0.6 is 11.3 Å². The molecule has 0 unspecified atom stereocenters. The molecular weight excluding hydrogens is 363 g/mol. The lowest BCUT2D eigenvalue weighted by Gasteiger charge is -2.29. The van der Waals surface area contributed by atoms with Crippen molar-refractivity contribution >= 4 is 23.3 Å². The number of nitrogens with zero attached hydrogens (tertiary/aromatic N) is 3. The average Bonchev–Trinajstić information content (AvgIpc) is 3.32. The number of nitrogens with one attached hydrogen (secondary N) is 1. The van der Waals surface area contributed by atoms with Crippen molar-refractivity contribution in [3.8, 4) is 5.69 Å². The molecule has 0 saturated carbocycles. The fourth-order valence-electron chi connectivity index (χ4n) is 3.31. The smallest absolute Gasteiger partial charge is 0.280 e. The van der Waals surface area contributed by atoms with E-state index in [4.69, 9.17) is 0 Å². The first-order valence-electron chi connectivity index (χ1n) is 8.74. The third-order valence-electron chi connectivity index (χ3n) is 4.80. The third kappa shape index (κ3) is 3.68. The number of carbonyl (C=O) groups excluding carboxylic acids is 1. The van der Waals surface area contributed by atoms with Crippen LogP contribution in [-0.2, 0) is 6.42 Å². The molecule has 27 heavy (non-hydrogen) atoms. The van der Waals surface area contributed by atoms with Gasteiger partial charge >= 0.3 is 0 Å². The average molecular weight is 382 g/mol. The molecule has 2 aromatic heterocycles. The Morgan fingerprint density at radius 1 is 1.37 bits per heavy atom. The number of halogens is 1. The summed E-state index contributed by atoms with van der Waals surface area (Å²) in [5.41, 5.74) is 2.95. The van der Waals surface area contributed by atoms with Crippen molar-refractivity contribution in [2.75, 3.05) is 6.54 Å². The van der Waals surface area contributed by atoms with Gasteiger partial charge in [-0.3, -0.25) is 4.79 Å². The number of thiazole rings is 1. The Labute approximate surface area is 160 Å². The topological polar surface area (TPSA) is 59.8 Å². The van der Waals surface area contributed by atoms with Gasteiger partial charge in [-0.15, -0.1) is 11.3 Å². The van der Waals surface area contributed by atoms with Gasteiger partial charge in [0.15, 0.2) is 5.01 Å². The predicted octanol–water partition coefficient (Wildman–Crippen LogP) is 3.86. The van der Waals surface area contributed by atoms with Crippen LogP contribution in [0.25, 0.3) is 11.8 Å². The number of fused-ring (bicyclic) bond motifs is 1. The summed E-state index contributed by atoms with van der Waals surface area (Å²) in [5.74, 6) is -0.388. The lowest BCUT2D eigenvalue weighted by atomic mass is 9.77. The number of rotatable bonds is 5.